The summed E-state index contributed by atoms with van der Waals surface area (Å²) >= 11 is 7.03. The lowest BCUT2D eigenvalue weighted by Crippen LogP contribution is -2.22. The maximum Gasteiger partial charge on any atom is 0.282 e. The van der Waals surface area contributed by atoms with Crippen molar-refractivity contribution in [3.8, 4) is 11.5 Å². The first-order valence-corrected chi connectivity index (χ1v) is 12.5. The molecule has 0 aliphatic rings. The molecule has 0 aliphatic heterocycles. The number of benzene rings is 2. The minimum atomic E-state index is -0.197. The highest BCUT2D eigenvalue weighted by Gasteiger charge is 2.16. The number of methoxy groups -OCH3 is 1. The molecule has 0 saturated carbocycles. The molecule has 0 fully saturated rings. The van der Waals surface area contributed by atoms with Crippen LogP contribution in [0.15, 0.2) is 49.2 Å². The van der Waals surface area contributed by atoms with E-state index in [2.05, 4.69) is 64.7 Å². The summed E-state index contributed by atoms with van der Waals surface area (Å²) in [5, 5.41) is 5.05. The number of rotatable bonds is 8. The van der Waals surface area contributed by atoms with E-state index in [1.807, 2.05) is 24.3 Å². The van der Waals surface area contributed by atoms with Crippen LogP contribution in [0.25, 0.3) is 10.9 Å². The molecule has 33 heavy (non-hydrogen) atoms. The number of aromatic nitrogens is 2. The van der Waals surface area contributed by atoms with Crippen molar-refractivity contribution >= 4 is 49.0 Å². The second-order valence-corrected chi connectivity index (χ2v) is 10.8. The molecule has 0 spiro atoms. The predicted molar refractivity (Wildman–Crippen MR) is 141 cm³/mol. The van der Waals surface area contributed by atoms with Crippen LogP contribution < -0.4 is 15.0 Å². The maximum absolute atomic E-state index is 13.3. The van der Waals surface area contributed by atoms with Crippen molar-refractivity contribution in [2.75, 3.05) is 13.7 Å². The van der Waals surface area contributed by atoms with E-state index in [0.29, 0.717) is 41.3 Å². The van der Waals surface area contributed by atoms with E-state index in [1.54, 1.807) is 19.4 Å². The molecule has 0 unspecified atom stereocenters. The van der Waals surface area contributed by atoms with Crippen molar-refractivity contribution in [3.63, 3.8) is 0 Å². The first kappa shape index (κ1) is 25.4. The van der Waals surface area contributed by atoms with Gasteiger partial charge < -0.3 is 9.47 Å². The van der Waals surface area contributed by atoms with Crippen LogP contribution in [0.3, 0.4) is 0 Å². The number of ether oxygens (including phenoxy) is 2. The van der Waals surface area contributed by atoms with Gasteiger partial charge in [-0.2, -0.15) is 9.78 Å². The van der Waals surface area contributed by atoms with Crippen molar-refractivity contribution in [3.05, 3.63) is 61.0 Å². The van der Waals surface area contributed by atoms with E-state index >= 15 is 0 Å². The van der Waals surface area contributed by atoms with Crippen LogP contribution >= 0.6 is 31.9 Å². The molecule has 1 aromatic heterocycles. The van der Waals surface area contributed by atoms with Gasteiger partial charge in [-0.15, -0.1) is 0 Å². The van der Waals surface area contributed by atoms with Gasteiger partial charge in [0.15, 0.2) is 11.5 Å². The molecule has 1 heterocycles. The van der Waals surface area contributed by atoms with Crippen molar-refractivity contribution in [1.82, 2.24) is 9.66 Å². The van der Waals surface area contributed by atoms with E-state index < -0.39 is 0 Å². The summed E-state index contributed by atoms with van der Waals surface area (Å²) in [6.45, 7) is 8.99. The van der Waals surface area contributed by atoms with Crippen LogP contribution in [0.2, 0.25) is 0 Å². The van der Waals surface area contributed by atoms with Crippen LogP contribution in [0.1, 0.15) is 51.9 Å². The summed E-state index contributed by atoms with van der Waals surface area (Å²) in [7, 11) is 1.60. The topological polar surface area (TPSA) is 65.7 Å². The third-order valence-corrected chi connectivity index (χ3v) is 6.07. The van der Waals surface area contributed by atoms with E-state index in [1.165, 1.54) is 4.68 Å². The van der Waals surface area contributed by atoms with Gasteiger partial charge in [0, 0.05) is 20.9 Å². The third-order valence-electron chi connectivity index (χ3n) is 4.89. The van der Waals surface area contributed by atoms with Gasteiger partial charge in [0.2, 0.25) is 0 Å². The molecule has 8 heteroatoms. The predicted octanol–water partition coefficient (Wildman–Crippen LogP) is 6.58. The Balaban J connectivity index is 2.04. The van der Waals surface area contributed by atoms with Gasteiger partial charge in [-0.25, -0.2) is 4.98 Å². The maximum atomic E-state index is 13.3. The number of halogens is 2. The normalized spacial score (nSPS) is 12.0. The highest BCUT2D eigenvalue weighted by molar-refractivity contribution is 9.10. The average molecular weight is 579 g/mol. The zero-order valence-electron chi connectivity index (χ0n) is 19.6. The Bertz CT molecular complexity index is 1230. The molecule has 0 radical (unpaired) electrons. The van der Waals surface area contributed by atoms with Crippen LogP contribution in [0.5, 0.6) is 11.5 Å². The van der Waals surface area contributed by atoms with Crippen LogP contribution in [-0.4, -0.2) is 29.6 Å². The standard InChI is InChI=1S/C25H29Br2N3O3/c1-6-7-8-23-29-20-10-9-17(26)12-18(20)24(31)30(23)28-14-16-11-21(32-5)22(13-19(16)27)33-15-25(2,3)4/h9-14H,6-8,15H2,1-5H3. The van der Waals surface area contributed by atoms with E-state index in [-0.39, 0.29) is 11.0 Å². The molecule has 3 rings (SSSR count). The first-order chi connectivity index (χ1) is 15.6. The quantitative estimate of drug-likeness (QED) is 0.283. The second kappa shape index (κ2) is 10.8. The summed E-state index contributed by atoms with van der Waals surface area (Å²) in [6, 6.07) is 9.22. The average Bonchev–Trinajstić information content (AvgIpc) is 2.76. The molecule has 0 aliphatic carbocycles. The molecule has 176 valence electrons. The van der Waals surface area contributed by atoms with Gasteiger partial charge in [-0.05, 0) is 58.1 Å². The molecule has 0 N–H and O–H groups in total. The van der Waals surface area contributed by atoms with Gasteiger partial charge in [0.25, 0.3) is 5.56 Å². The Kier molecular flexibility index (Phi) is 8.34. The highest BCUT2D eigenvalue weighted by atomic mass is 79.9. The Morgan fingerprint density at radius 2 is 1.91 bits per heavy atom. The van der Waals surface area contributed by atoms with Gasteiger partial charge in [-0.1, -0.05) is 50.0 Å². The van der Waals surface area contributed by atoms with Gasteiger partial charge in [0.1, 0.15) is 5.82 Å². The number of fused-ring (bicyclic) bond motifs is 1. The lowest BCUT2D eigenvalue weighted by molar-refractivity contribution is 0.191. The van der Waals surface area contributed by atoms with Crippen molar-refractivity contribution in [2.45, 2.75) is 47.0 Å². The number of aryl methyl sites for hydroxylation is 1. The Labute approximate surface area is 211 Å². The summed E-state index contributed by atoms with van der Waals surface area (Å²) in [5.74, 6) is 1.89. The summed E-state index contributed by atoms with van der Waals surface area (Å²) in [4.78, 5) is 18.0. The zero-order chi connectivity index (χ0) is 24.2. The summed E-state index contributed by atoms with van der Waals surface area (Å²) < 4.78 is 14.5. The zero-order valence-corrected chi connectivity index (χ0v) is 22.8. The molecular formula is C25H29Br2N3O3. The van der Waals surface area contributed by atoms with Crippen LogP contribution in [-0.2, 0) is 6.42 Å². The molecule has 0 saturated heterocycles. The van der Waals surface area contributed by atoms with Gasteiger partial charge in [-0.3, -0.25) is 4.79 Å². The van der Waals surface area contributed by atoms with Gasteiger partial charge in [0.05, 0.1) is 30.8 Å². The summed E-state index contributed by atoms with van der Waals surface area (Å²) in [5.41, 5.74) is 1.25. The molecule has 6 nitrogen and oxygen atoms in total. The number of nitrogens with zero attached hydrogens (tertiary/aromatic N) is 3. The number of unbranched alkanes of at least 4 members (excludes halogenated alkanes) is 1. The minimum absolute atomic E-state index is 0.0196. The van der Waals surface area contributed by atoms with Crippen LogP contribution in [0.4, 0.5) is 0 Å². The SMILES string of the molecule is CCCCc1nc2ccc(Br)cc2c(=O)n1N=Cc1cc(OC)c(OCC(C)(C)C)cc1Br. The lowest BCUT2D eigenvalue weighted by Gasteiger charge is -2.20. The fourth-order valence-corrected chi connectivity index (χ4v) is 3.93. The molecule has 3 aromatic rings. The summed E-state index contributed by atoms with van der Waals surface area (Å²) in [6.07, 6.45) is 4.22. The van der Waals surface area contributed by atoms with Gasteiger partial charge >= 0.3 is 0 Å². The van der Waals surface area contributed by atoms with Crippen molar-refractivity contribution < 1.29 is 9.47 Å². The first-order valence-electron chi connectivity index (χ1n) is 10.9. The Hall–Kier alpha value is -2.19. The van der Waals surface area contributed by atoms with E-state index in [9.17, 15) is 4.79 Å². The van der Waals surface area contributed by atoms with Crippen molar-refractivity contribution in [2.24, 2.45) is 10.5 Å². The Morgan fingerprint density at radius 3 is 2.58 bits per heavy atom. The third kappa shape index (κ3) is 6.44. The smallest absolute Gasteiger partial charge is 0.282 e. The fourth-order valence-electron chi connectivity index (χ4n) is 3.15. The minimum Gasteiger partial charge on any atom is -0.493 e. The fraction of sp³-hybridized carbons (Fsp3) is 0.400. The van der Waals surface area contributed by atoms with E-state index in [0.717, 1.165) is 27.4 Å². The number of hydrogen-bond donors (Lipinski definition) is 0. The molecule has 0 atom stereocenters. The lowest BCUT2D eigenvalue weighted by atomic mass is 9.99. The van der Waals surface area contributed by atoms with Crippen molar-refractivity contribution in [1.29, 1.82) is 0 Å². The molecule has 2 aromatic carbocycles. The number of hydrogen-bond acceptors (Lipinski definition) is 5. The van der Waals surface area contributed by atoms with E-state index in [4.69, 9.17) is 14.5 Å². The highest BCUT2D eigenvalue weighted by Crippen LogP contribution is 2.34. The molecule has 0 amide bonds. The monoisotopic (exact) mass is 577 g/mol. The van der Waals surface area contributed by atoms with Crippen LogP contribution in [0, 0.1) is 5.41 Å². The largest absolute Gasteiger partial charge is 0.493 e. The second-order valence-electron chi connectivity index (χ2n) is 9.03. The Morgan fingerprint density at radius 1 is 1.15 bits per heavy atom. The molecule has 0 bridgehead atoms. The molecular weight excluding hydrogens is 550 g/mol.